The van der Waals surface area contributed by atoms with Gasteiger partial charge in [0, 0.05) is 24.3 Å². The van der Waals surface area contributed by atoms with Gasteiger partial charge in [0.15, 0.2) is 12.7 Å². The Labute approximate surface area is 199 Å². The maximum absolute atomic E-state index is 12.9. The molecule has 1 N–H and O–H groups in total. The van der Waals surface area contributed by atoms with E-state index in [-0.39, 0.29) is 18.4 Å². The summed E-state index contributed by atoms with van der Waals surface area (Å²) in [5, 5.41) is 2.85. The maximum atomic E-state index is 12.9. The van der Waals surface area contributed by atoms with Crippen LogP contribution in [-0.4, -0.2) is 43.1 Å². The standard InChI is InChI=1S/C27H28N2O5/c1-19-27(31)29(15-14-20-8-11-23(32-2)12-9-20)17-21-16-22(10-13-25(21)34-19)28-26(30)18-33-24-6-4-3-5-7-24/h3-13,16,19H,14-15,17-18H2,1-2H3,(H,28,30)/t19-/m1/s1. The van der Waals surface area contributed by atoms with Gasteiger partial charge in [-0.1, -0.05) is 30.3 Å². The van der Waals surface area contributed by atoms with Crippen LogP contribution in [0.4, 0.5) is 5.69 Å². The summed E-state index contributed by atoms with van der Waals surface area (Å²) >= 11 is 0. The molecule has 0 unspecified atom stereocenters. The highest BCUT2D eigenvalue weighted by Crippen LogP contribution is 2.29. The number of ether oxygens (including phenoxy) is 3. The van der Waals surface area contributed by atoms with Crippen LogP contribution < -0.4 is 19.5 Å². The number of amides is 2. The van der Waals surface area contributed by atoms with E-state index in [2.05, 4.69) is 5.32 Å². The summed E-state index contributed by atoms with van der Waals surface area (Å²) < 4.78 is 16.6. The van der Waals surface area contributed by atoms with E-state index in [1.807, 2.05) is 48.5 Å². The third-order valence-corrected chi connectivity index (χ3v) is 5.61. The van der Waals surface area contributed by atoms with E-state index in [1.165, 1.54) is 0 Å². The number of carbonyl (C=O) groups excluding carboxylic acids is 2. The molecule has 3 aromatic rings. The zero-order valence-corrected chi connectivity index (χ0v) is 19.3. The second-order valence-corrected chi connectivity index (χ2v) is 8.09. The van der Waals surface area contributed by atoms with Gasteiger partial charge in [-0.3, -0.25) is 9.59 Å². The number of nitrogens with zero attached hydrogens (tertiary/aromatic N) is 1. The fourth-order valence-corrected chi connectivity index (χ4v) is 3.79. The largest absolute Gasteiger partial charge is 0.497 e. The zero-order valence-electron chi connectivity index (χ0n) is 19.3. The third kappa shape index (κ3) is 5.86. The normalized spacial score (nSPS) is 15.1. The minimum Gasteiger partial charge on any atom is -0.497 e. The number of anilines is 1. The summed E-state index contributed by atoms with van der Waals surface area (Å²) in [6, 6.07) is 22.4. The van der Waals surface area contributed by atoms with Gasteiger partial charge in [0.05, 0.1) is 7.11 Å². The van der Waals surface area contributed by atoms with Crippen molar-refractivity contribution in [2.75, 3.05) is 25.6 Å². The van der Waals surface area contributed by atoms with Crippen molar-refractivity contribution in [2.45, 2.75) is 26.0 Å². The average molecular weight is 461 g/mol. The number of benzene rings is 3. The van der Waals surface area contributed by atoms with Crippen molar-refractivity contribution in [3.63, 3.8) is 0 Å². The lowest BCUT2D eigenvalue weighted by molar-refractivity contribution is -0.137. The van der Waals surface area contributed by atoms with Gasteiger partial charge in [0.2, 0.25) is 0 Å². The molecule has 0 aliphatic carbocycles. The number of nitrogens with one attached hydrogen (secondary N) is 1. The quantitative estimate of drug-likeness (QED) is 0.549. The maximum Gasteiger partial charge on any atom is 0.263 e. The molecule has 0 saturated heterocycles. The Balaban J connectivity index is 1.41. The van der Waals surface area contributed by atoms with Crippen molar-refractivity contribution >= 4 is 17.5 Å². The molecular weight excluding hydrogens is 432 g/mol. The molecule has 1 aliphatic rings. The Hall–Kier alpha value is -4.00. The molecule has 0 fully saturated rings. The lowest BCUT2D eigenvalue weighted by atomic mass is 10.1. The van der Waals surface area contributed by atoms with Gasteiger partial charge in [0.1, 0.15) is 17.2 Å². The van der Waals surface area contributed by atoms with Crippen LogP contribution in [0.15, 0.2) is 72.8 Å². The number of rotatable bonds is 8. The number of hydrogen-bond acceptors (Lipinski definition) is 5. The molecule has 1 heterocycles. The first-order valence-electron chi connectivity index (χ1n) is 11.2. The number of methoxy groups -OCH3 is 1. The molecular formula is C27H28N2O5. The van der Waals surface area contributed by atoms with Gasteiger partial charge in [-0.2, -0.15) is 0 Å². The van der Waals surface area contributed by atoms with Crippen molar-refractivity contribution in [2.24, 2.45) is 0 Å². The first kappa shape index (κ1) is 23.2. The van der Waals surface area contributed by atoms with Crippen molar-refractivity contribution in [3.8, 4) is 17.2 Å². The van der Waals surface area contributed by atoms with E-state index in [4.69, 9.17) is 14.2 Å². The first-order chi connectivity index (χ1) is 16.5. The molecule has 176 valence electrons. The van der Waals surface area contributed by atoms with Crippen LogP contribution in [-0.2, 0) is 22.6 Å². The van der Waals surface area contributed by atoms with E-state index in [0.29, 0.717) is 36.7 Å². The molecule has 1 atom stereocenters. The van der Waals surface area contributed by atoms with Gasteiger partial charge in [0.25, 0.3) is 11.8 Å². The van der Waals surface area contributed by atoms with Crippen LogP contribution in [0.1, 0.15) is 18.1 Å². The van der Waals surface area contributed by atoms with Crippen molar-refractivity contribution in [1.29, 1.82) is 0 Å². The molecule has 7 nitrogen and oxygen atoms in total. The number of para-hydroxylation sites is 1. The Morgan fingerprint density at radius 2 is 1.82 bits per heavy atom. The number of carbonyl (C=O) groups is 2. The van der Waals surface area contributed by atoms with Gasteiger partial charge < -0.3 is 24.4 Å². The highest BCUT2D eigenvalue weighted by molar-refractivity contribution is 5.92. The molecule has 4 rings (SSSR count). The van der Waals surface area contributed by atoms with Gasteiger partial charge in [-0.25, -0.2) is 0 Å². The minimum absolute atomic E-state index is 0.0634. The predicted octanol–water partition coefficient (Wildman–Crippen LogP) is 4.06. The summed E-state index contributed by atoms with van der Waals surface area (Å²) in [5.74, 6) is 1.75. The fourth-order valence-electron chi connectivity index (χ4n) is 3.79. The summed E-state index contributed by atoms with van der Waals surface area (Å²) in [6.45, 7) is 2.62. The molecule has 34 heavy (non-hydrogen) atoms. The summed E-state index contributed by atoms with van der Waals surface area (Å²) in [7, 11) is 1.64. The molecule has 3 aromatic carbocycles. The van der Waals surface area contributed by atoms with Crippen LogP contribution in [0, 0.1) is 0 Å². The first-order valence-corrected chi connectivity index (χ1v) is 11.2. The lowest BCUT2D eigenvalue weighted by Crippen LogP contribution is -2.39. The summed E-state index contributed by atoms with van der Waals surface area (Å²) in [4.78, 5) is 27.1. The summed E-state index contributed by atoms with van der Waals surface area (Å²) in [5.41, 5.74) is 2.58. The van der Waals surface area contributed by atoms with E-state index in [9.17, 15) is 9.59 Å². The third-order valence-electron chi connectivity index (χ3n) is 5.61. The van der Waals surface area contributed by atoms with Crippen LogP contribution in [0.2, 0.25) is 0 Å². The Morgan fingerprint density at radius 3 is 2.56 bits per heavy atom. The molecule has 2 amide bonds. The molecule has 0 spiro atoms. The Morgan fingerprint density at radius 1 is 1.06 bits per heavy atom. The van der Waals surface area contributed by atoms with Crippen molar-refractivity contribution in [1.82, 2.24) is 4.90 Å². The minimum atomic E-state index is -0.586. The topological polar surface area (TPSA) is 77.1 Å². The van der Waals surface area contributed by atoms with Crippen LogP contribution in [0.25, 0.3) is 0 Å². The van der Waals surface area contributed by atoms with Crippen LogP contribution in [0.5, 0.6) is 17.2 Å². The smallest absolute Gasteiger partial charge is 0.263 e. The molecule has 1 aliphatic heterocycles. The van der Waals surface area contributed by atoms with Gasteiger partial charge in [-0.05, 0) is 61.4 Å². The Bertz CT molecular complexity index is 1130. The zero-order chi connectivity index (χ0) is 23.9. The number of fused-ring (bicyclic) bond motifs is 1. The van der Waals surface area contributed by atoms with Gasteiger partial charge in [-0.15, -0.1) is 0 Å². The summed E-state index contributed by atoms with van der Waals surface area (Å²) in [6.07, 6.45) is 0.127. The predicted molar refractivity (Wildman–Crippen MR) is 129 cm³/mol. The monoisotopic (exact) mass is 460 g/mol. The second kappa shape index (κ2) is 10.7. The highest BCUT2D eigenvalue weighted by atomic mass is 16.5. The molecule has 0 radical (unpaired) electrons. The average Bonchev–Trinajstić information content (AvgIpc) is 2.98. The molecule has 0 saturated carbocycles. The van der Waals surface area contributed by atoms with E-state index < -0.39 is 6.10 Å². The van der Waals surface area contributed by atoms with E-state index in [0.717, 1.165) is 16.9 Å². The van der Waals surface area contributed by atoms with E-state index in [1.54, 1.807) is 43.2 Å². The highest BCUT2D eigenvalue weighted by Gasteiger charge is 2.27. The molecule has 0 bridgehead atoms. The second-order valence-electron chi connectivity index (χ2n) is 8.09. The van der Waals surface area contributed by atoms with E-state index >= 15 is 0 Å². The molecule has 0 aromatic heterocycles. The SMILES string of the molecule is COc1ccc(CCN2Cc3cc(NC(=O)COc4ccccc4)ccc3O[C@H](C)C2=O)cc1. The van der Waals surface area contributed by atoms with Gasteiger partial charge >= 0.3 is 0 Å². The lowest BCUT2D eigenvalue weighted by Gasteiger charge is -2.22. The van der Waals surface area contributed by atoms with Crippen molar-refractivity contribution < 1.29 is 23.8 Å². The Kier molecular flexibility index (Phi) is 7.32. The van der Waals surface area contributed by atoms with Crippen LogP contribution in [0.3, 0.4) is 0 Å². The molecule has 7 heteroatoms. The number of hydrogen-bond donors (Lipinski definition) is 1. The van der Waals surface area contributed by atoms with Crippen LogP contribution >= 0.6 is 0 Å². The van der Waals surface area contributed by atoms with Crippen molar-refractivity contribution in [3.05, 3.63) is 83.9 Å². The fraction of sp³-hybridized carbons (Fsp3) is 0.259.